The van der Waals surface area contributed by atoms with Crippen molar-refractivity contribution >= 4 is 17.7 Å². The average Bonchev–Trinajstić information content (AvgIpc) is 2.89. The van der Waals surface area contributed by atoms with E-state index in [1.807, 2.05) is 6.20 Å². The van der Waals surface area contributed by atoms with Crippen molar-refractivity contribution in [3.05, 3.63) is 11.9 Å². The van der Waals surface area contributed by atoms with Crippen molar-refractivity contribution in [2.75, 3.05) is 5.75 Å². The van der Waals surface area contributed by atoms with E-state index in [2.05, 4.69) is 37.2 Å². The fourth-order valence-electron chi connectivity index (χ4n) is 3.00. The Bertz CT molecular complexity index is 494. The lowest BCUT2D eigenvalue weighted by molar-refractivity contribution is -0.133. The molecule has 20 heavy (non-hydrogen) atoms. The zero-order valence-electron chi connectivity index (χ0n) is 12.7. The molecule has 5 heteroatoms. The number of carboxylic acids is 1. The van der Waals surface area contributed by atoms with Crippen molar-refractivity contribution in [2.24, 2.45) is 5.41 Å². The van der Waals surface area contributed by atoms with E-state index in [4.69, 9.17) is 5.11 Å². The van der Waals surface area contributed by atoms with Crippen LogP contribution < -0.4 is 0 Å². The second-order valence-electron chi connectivity index (χ2n) is 6.73. The topological polar surface area (TPSA) is 55.1 Å². The van der Waals surface area contributed by atoms with Gasteiger partial charge in [-0.1, -0.05) is 39.5 Å². The van der Waals surface area contributed by atoms with Gasteiger partial charge in [0.2, 0.25) is 0 Å². The zero-order chi connectivity index (χ0) is 14.9. The summed E-state index contributed by atoms with van der Waals surface area (Å²) in [5.74, 6) is -0.308. The number of thioether (sulfide) groups is 1. The van der Waals surface area contributed by atoms with Crippen LogP contribution >= 0.6 is 11.8 Å². The van der Waals surface area contributed by atoms with Gasteiger partial charge in [0.05, 0.1) is 5.75 Å². The van der Waals surface area contributed by atoms with Gasteiger partial charge in [0.25, 0.3) is 0 Å². The van der Waals surface area contributed by atoms with Crippen molar-refractivity contribution < 1.29 is 9.90 Å². The van der Waals surface area contributed by atoms with Gasteiger partial charge in [-0.3, -0.25) is 4.79 Å². The molecule has 1 atom stereocenters. The summed E-state index contributed by atoms with van der Waals surface area (Å²) in [5, 5.41) is 9.73. The maximum Gasteiger partial charge on any atom is 0.313 e. The number of aromatic nitrogens is 2. The van der Waals surface area contributed by atoms with Crippen molar-refractivity contribution in [3.8, 4) is 0 Å². The molecule has 0 aliphatic heterocycles. The molecule has 0 aromatic carbocycles. The van der Waals surface area contributed by atoms with Gasteiger partial charge >= 0.3 is 5.97 Å². The van der Waals surface area contributed by atoms with E-state index in [0.717, 1.165) is 18.0 Å². The van der Waals surface area contributed by atoms with Gasteiger partial charge < -0.3 is 9.67 Å². The Balaban J connectivity index is 2.28. The third-order valence-corrected chi connectivity index (χ3v) is 4.97. The van der Waals surface area contributed by atoms with E-state index in [0.29, 0.717) is 17.4 Å². The standard InChI is InChI=1S/C15H24N2O2S/c1-10(2)12-8-16-14(20-9-13(18)19)17(12)11-5-6-15(3,4)7-11/h8,10-11H,5-7,9H2,1-4H3,(H,18,19). The molecule has 4 nitrogen and oxygen atoms in total. The summed E-state index contributed by atoms with van der Waals surface area (Å²) in [7, 11) is 0. The lowest BCUT2D eigenvalue weighted by Crippen LogP contribution is -2.14. The molecule has 2 rings (SSSR count). The Hall–Kier alpha value is -0.970. The molecule has 0 radical (unpaired) electrons. The summed E-state index contributed by atoms with van der Waals surface area (Å²) in [4.78, 5) is 15.3. The molecule has 1 aliphatic rings. The van der Waals surface area contributed by atoms with Gasteiger partial charge in [-0.05, 0) is 30.6 Å². The third-order valence-electron chi connectivity index (χ3n) is 4.02. The highest BCUT2D eigenvalue weighted by molar-refractivity contribution is 7.99. The van der Waals surface area contributed by atoms with Gasteiger partial charge in [0.1, 0.15) is 0 Å². The Kier molecular flexibility index (Phi) is 4.47. The van der Waals surface area contributed by atoms with E-state index in [-0.39, 0.29) is 5.75 Å². The number of carbonyl (C=O) groups is 1. The molecule has 0 amide bonds. The first kappa shape index (κ1) is 15.4. The fourth-order valence-corrected chi connectivity index (χ4v) is 3.78. The van der Waals surface area contributed by atoms with E-state index in [1.165, 1.54) is 23.9 Å². The van der Waals surface area contributed by atoms with E-state index in [9.17, 15) is 4.79 Å². The Morgan fingerprint density at radius 3 is 2.80 bits per heavy atom. The van der Waals surface area contributed by atoms with Crippen LogP contribution in [0.1, 0.15) is 64.6 Å². The summed E-state index contributed by atoms with van der Waals surface area (Å²) >= 11 is 1.33. The first-order chi connectivity index (χ1) is 9.30. The maximum absolute atomic E-state index is 10.8. The molecule has 112 valence electrons. The van der Waals surface area contributed by atoms with Crippen LogP contribution in [0.4, 0.5) is 0 Å². The minimum absolute atomic E-state index is 0.0741. The lowest BCUT2D eigenvalue weighted by Gasteiger charge is -2.22. The highest BCUT2D eigenvalue weighted by Crippen LogP contribution is 2.45. The highest BCUT2D eigenvalue weighted by atomic mass is 32.2. The van der Waals surface area contributed by atoms with Crippen LogP contribution in [-0.4, -0.2) is 26.4 Å². The van der Waals surface area contributed by atoms with E-state index >= 15 is 0 Å². The van der Waals surface area contributed by atoms with Crippen molar-refractivity contribution in [2.45, 2.75) is 64.1 Å². The molecule has 1 aromatic rings. The summed E-state index contributed by atoms with van der Waals surface area (Å²) in [6, 6.07) is 0.459. The Morgan fingerprint density at radius 2 is 2.30 bits per heavy atom. The molecule has 1 N–H and O–H groups in total. The number of aliphatic carboxylic acids is 1. The number of hydrogen-bond acceptors (Lipinski definition) is 3. The molecule has 0 bridgehead atoms. The summed E-state index contributed by atoms with van der Waals surface area (Å²) in [6.45, 7) is 8.95. The number of carboxylic acid groups (broad SMARTS) is 1. The minimum atomic E-state index is -0.789. The quantitative estimate of drug-likeness (QED) is 0.836. The Labute approximate surface area is 125 Å². The molecule has 0 saturated heterocycles. The number of rotatable bonds is 5. The first-order valence-electron chi connectivity index (χ1n) is 7.22. The average molecular weight is 296 g/mol. The third kappa shape index (κ3) is 3.37. The maximum atomic E-state index is 10.8. The molecule has 1 saturated carbocycles. The summed E-state index contributed by atoms with van der Waals surface area (Å²) in [5.41, 5.74) is 1.60. The molecular formula is C15H24N2O2S. The van der Waals surface area contributed by atoms with Crippen LogP contribution in [0.2, 0.25) is 0 Å². The second-order valence-corrected chi connectivity index (χ2v) is 7.68. The van der Waals surface area contributed by atoms with Crippen LogP contribution in [0.5, 0.6) is 0 Å². The van der Waals surface area contributed by atoms with E-state index < -0.39 is 5.97 Å². The fraction of sp³-hybridized carbons (Fsp3) is 0.733. The molecule has 0 spiro atoms. The van der Waals surface area contributed by atoms with Gasteiger partial charge in [-0.15, -0.1) is 0 Å². The summed E-state index contributed by atoms with van der Waals surface area (Å²) in [6.07, 6.45) is 5.43. The number of imidazole rings is 1. The smallest absolute Gasteiger partial charge is 0.313 e. The van der Waals surface area contributed by atoms with Gasteiger partial charge in [-0.25, -0.2) is 4.98 Å². The second kappa shape index (κ2) is 5.80. The number of nitrogens with zero attached hydrogens (tertiary/aromatic N) is 2. The normalized spacial score (nSPS) is 21.6. The molecular weight excluding hydrogens is 272 g/mol. The van der Waals surface area contributed by atoms with Gasteiger partial charge in [0, 0.05) is 17.9 Å². The molecule has 1 aromatic heterocycles. The van der Waals surface area contributed by atoms with Crippen LogP contribution in [0.25, 0.3) is 0 Å². The van der Waals surface area contributed by atoms with Crippen LogP contribution in [0, 0.1) is 5.41 Å². The van der Waals surface area contributed by atoms with Crippen LogP contribution in [-0.2, 0) is 4.79 Å². The molecule has 1 unspecified atom stereocenters. The number of hydrogen-bond donors (Lipinski definition) is 1. The largest absolute Gasteiger partial charge is 0.481 e. The molecule has 1 fully saturated rings. The predicted molar refractivity (Wildman–Crippen MR) is 81.3 cm³/mol. The highest BCUT2D eigenvalue weighted by Gasteiger charge is 2.34. The van der Waals surface area contributed by atoms with Crippen LogP contribution in [0.3, 0.4) is 0 Å². The van der Waals surface area contributed by atoms with Crippen molar-refractivity contribution in [3.63, 3.8) is 0 Å². The van der Waals surface area contributed by atoms with E-state index in [1.54, 1.807) is 0 Å². The predicted octanol–water partition coefficient (Wildman–Crippen LogP) is 3.93. The van der Waals surface area contributed by atoms with Gasteiger partial charge in [-0.2, -0.15) is 0 Å². The van der Waals surface area contributed by atoms with Crippen LogP contribution in [0.15, 0.2) is 11.4 Å². The Morgan fingerprint density at radius 1 is 1.60 bits per heavy atom. The van der Waals surface area contributed by atoms with Gasteiger partial charge in [0.15, 0.2) is 5.16 Å². The van der Waals surface area contributed by atoms with Crippen molar-refractivity contribution in [1.29, 1.82) is 0 Å². The lowest BCUT2D eigenvalue weighted by atomic mass is 9.92. The van der Waals surface area contributed by atoms with Crippen molar-refractivity contribution in [1.82, 2.24) is 9.55 Å². The zero-order valence-corrected chi connectivity index (χ0v) is 13.5. The molecule has 1 heterocycles. The SMILES string of the molecule is CC(C)c1cnc(SCC(=O)O)n1C1CCC(C)(C)C1. The summed E-state index contributed by atoms with van der Waals surface area (Å²) < 4.78 is 2.30. The minimum Gasteiger partial charge on any atom is -0.481 e. The monoisotopic (exact) mass is 296 g/mol. The first-order valence-corrected chi connectivity index (χ1v) is 8.20. The molecule has 1 aliphatic carbocycles.